The smallest absolute Gasteiger partial charge is 0.163 e. The zero-order chi connectivity index (χ0) is 11.5. The summed E-state index contributed by atoms with van der Waals surface area (Å²) in [6.45, 7) is 7.62. The van der Waals surface area contributed by atoms with Gasteiger partial charge in [0.25, 0.3) is 0 Å². The molecule has 2 nitrogen and oxygen atoms in total. The van der Waals surface area contributed by atoms with Gasteiger partial charge in [0.1, 0.15) is 5.60 Å². The van der Waals surface area contributed by atoms with Crippen LogP contribution in [0.1, 0.15) is 13.8 Å². The van der Waals surface area contributed by atoms with Crippen molar-refractivity contribution in [3.05, 3.63) is 35.3 Å². The maximum atomic E-state index is 5.78. The van der Waals surface area contributed by atoms with Crippen molar-refractivity contribution in [1.29, 1.82) is 0 Å². The van der Waals surface area contributed by atoms with Crippen molar-refractivity contribution in [1.82, 2.24) is 0 Å². The minimum absolute atomic E-state index is 0.409. The summed E-state index contributed by atoms with van der Waals surface area (Å²) >= 11 is 3.39. The minimum Gasteiger partial charge on any atom is -0.493 e. The third kappa shape index (κ3) is 3.27. The number of hydrogen-bond acceptors (Lipinski definition) is 2. The van der Waals surface area contributed by atoms with E-state index >= 15 is 0 Å². The Kier molecular flexibility index (Phi) is 3.80. The molecule has 82 valence electrons. The van der Waals surface area contributed by atoms with Crippen LogP contribution in [0, 0.1) is 0 Å². The highest BCUT2D eigenvalue weighted by atomic mass is 79.9. The summed E-state index contributed by atoms with van der Waals surface area (Å²) in [7, 11) is 1.62. The third-order valence-corrected chi connectivity index (χ3v) is 2.48. The molecular weight excluding hydrogens is 256 g/mol. The first-order valence-corrected chi connectivity index (χ1v) is 5.44. The average Bonchev–Trinajstić information content (AvgIpc) is 2.18. The average molecular weight is 271 g/mol. The largest absolute Gasteiger partial charge is 0.493 e. The summed E-state index contributed by atoms with van der Waals surface area (Å²) in [5, 5.41) is 0. The molecule has 3 heteroatoms. The highest BCUT2D eigenvalue weighted by Crippen LogP contribution is 2.33. The van der Waals surface area contributed by atoms with E-state index in [-0.39, 0.29) is 0 Å². The van der Waals surface area contributed by atoms with E-state index in [2.05, 4.69) is 22.5 Å². The molecule has 0 atom stereocenters. The van der Waals surface area contributed by atoms with Crippen molar-refractivity contribution in [3.63, 3.8) is 0 Å². The lowest BCUT2D eigenvalue weighted by molar-refractivity contribution is 0.155. The van der Waals surface area contributed by atoms with E-state index in [1.807, 2.05) is 32.0 Å². The lowest BCUT2D eigenvalue weighted by Gasteiger charge is -2.23. The van der Waals surface area contributed by atoms with Crippen molar-refractivity contribution < 1.29 is 9.47 Å². The zero-order valence-corrected chi connectivity index (χ0v) is 10.8. The molecule has 0 radical (unpaired) electrons. The molecule has 0 aliphatic rings. The summed E-state index contributed by atoms with van der Waals surface area (Å²) in [6, 6.07) is 5.65. The predicted molar refractivity (Wildman–Crippen MR) is 65.6 cm³/mol. The highest BCUT2D eigenvalue weighted by molar-refractivity contribution is 9.10. The summed E-state index contributed by atoms with van der Waals surface area (Å²) in [5.74, 6) is 1.42. The summed E-state index contributed by atoms with van der Waals surface area (Å²) in [4.78, 5) is 0. The van der Waals surface area contributed by atoms with Crippen LogP contribution in [0.15, 0.2) is 35.3 Å². The number of halogens is 1. The summed E-state index contributed by atoms with van der Waals surface area (Å²) < 4.78 is 11.9. The Morgan fingerprint density at radius 2 is 2.00 bits per heavy atom. The Morgan fingerprint density at radius 3 is 2.53 bits per heavy atom. The maximum absolute atomic E-state index is 5.78. The Morgan fingerprint density at radius 1 is 1.33 bits per heavy atom. The fourth-order valence-corrected chi connectivity index (χ4v) is 1.40. The molecule has 0 aliphatic heterocycles. The van der Waals surface area contributed by atoms with E-state index in [4.69, 9.17) is 9.47 Å². The van der Waals surface area contributed by atoms with Crippen molar-refractivity contribution in [2.24, 2.45) is 0 Å². The normalized spacial score (nSPS) is 10.9. The summed E-state index contributed by atoms with van der Waals surface area (Å²) in [5.41, 5.74) is -0.409. The molecule has 1 rings (SSSR count). The van der Waals surface area contributed by atoms with Crippen LogP contribution in [0.4, 0.5) is 0 Å². The van der Waals surface area contributed by atoms with Gasteiger partial charge in [-0.2, -0.15) is 0 Å². The molecule has 0 bridgehead atoms. The van der Waals surface area contributed by atoms with E-state index < -0.39 is 5.60 Å². The fraction of sp³-hybridized carbons (Fsp3) is 0.333. The van der Waals surface area contributed by atoms with Crippen LogP contribution >= 0.6 is 15.9 Å². The third-order valence-electron chi connectivity index (χ3n) is 1.99. The van der Waals surface area contributed by atoms with Crippen LogP contribution < -0.4 is 9.47 Å². The monoisotopic (exact) mass is 270 g/mol. The number of ether oxygens (including phenoxy) is 2. The SMILES string of the molecule is C=CC(C)(C)Oc1cc(Br)ccc1OC. The van der Waals surface area contributed by atoms with Gasteiger partial charge >= 0.3 is 0 Å². The van der Waals surface area contributed by atoms with Gasteiger partial charge in [0, 0.05) is 4.47 Å². The quantitative estimate of drug-likeness (QED) is 0.775. The highest BCUT2D eigenvalue weighted by Gasteiger charge is 2.17. The predicted octanol–water partition coefficient (Wildman–Crippen LogP) is 3.80. The second-order valence-corrected chi connectivity index (χ2v) is 4.62. The van der Waals surface area contributed by atoms with Crippen LogP contribution in [-0.2, 0) is 0 Å². The molecule has 0 N–H and O–H groups in total. The first kappa shape index (κ1) is 12.1. The Labute approximate surface area is 99.0 Å². The van der Waals surface area contributed by atoms with Crippen molar-refractivity contribution in [2.75, 3.05) is 7.11 Å². The van der Waals surface area contributed by atoms with Gasteiger partial charge in [0.15, 0.2) is 11.5 Å². The number of methoxy groups -OCH3 is 1. The molecule has 0 unspecified atom stereocenters. The van der Waals surface area contributed by atoms with Crippen LogP contribution in [0.5, 0.6) is 11.5 Å². The van der Waals surface area contributed by atoms with Gasteiger partial charge in [-0.05, 0) is 38.1 Å². The lowest BCUT2D eigenvalue weighted by atomic mass is 10.1. The molecule has 0 saturated heterocycles. The topological polar surface area (TPSA) is 18.5 Å². The van der Waals surface area contributed by atoms with Gasteiger partial charge in [0.05, 0.1) is 7.11 Å². The van der Waals surface area contributed by atoms with E-state index in [1.165, 1.54) is 0 Å². The van der Waals surface area contributed by atoms with Gasteiger partial charge in [0.2, 0.25) is 0 Å². The van der Waals surface area contributed by atoms with Crippen LogP contribution in [-0.4, -0.2) is 12.7 Å². The van der Waals surface area contributed by atoms with Crippen LogP contribution in [0.3, 0.4) is 0 Å². The molecule has 1 aromatic carbocycles. The number of benzene rings is 1. The first-order chi connectivity index (χ1) is 6.98. The molecule has 0 aliphatic carbocycles. The van der Waals surface area contributed by atoms with E-state index in [0.29, 0.717) is 11.5 Å². The van der Waals surface area contributed by atoms with E-state index in [1.54, 1.807) is 13.2 Å². The van der Waals surface area contributed by atoms with Crippen LogP contribution in [0.2, 0.25) is 0 Å². The molecule has 15 heavy (non-hydrogen) atoms. The van der Waals surface area contributed by atoms with Gasteiger partial charge in [-0.25, -0.2) is 0 Å². The lowest BCUT2D eigenvalue weighted by Crippen LogP contribution is -2.24. The maximum Gasteiger partial charge on any atom is 0.163 e. The Balaban J connectivity index is 3.02. The van der Waals surface area contributed by atoms with Gasteiger partial charge in [-0.3, -0.25) is 0 Å². The number of hydrogen-bond donors (Lipinski definition) is 0. The standard InChI is InChI=1S/C12H15BrO2/c1-5-12(2,3)15-11-8-9(13)6-7-10(11)14-4/h5-8H,1H2,2-4H3. The molecule has 1 aromatic rings. The van der Waals surface area contributed by atoms with Crippen molar-refractivity contribution in [3.8, 4) is 11.5 Å². The molecule has 0 fully saturated rings. The summed E-state index contributed by atoms with van der Waals surface area (Å²) in [6.07, 6.45) is 1.76. The number of rotatable bonds is 4. The zero-order valence-electron chi connectivity index (χ0n) is 9.21. The first-order valence-electron chi connectivity index (χ1n) is 4.64. The second kappa shape index (κ2) is 4.71. The molecule has 0 spiro atoms. The van der Waals surface area contributed by atoms with Gasteiger partial charge < -0.3 is 9.47 Å². The van der Waals surface area contributed by atoms with E-state index in [0.717, 1.165) is 4.47 Å². The van der Waals surface area contributed by atoms with Crippen LogP contribution in [0.25, 0.3) is 0 Å². The van der Waals surface area contributed by atoms with E-state index in [9.17, 15) is 0 Å². The minimum atomic E-state index is -0.409. The second-order valence-electron chi connectivity index (χ2n) is 3.70. The van der Waals surface area contributed by atoms with Gasteiger partial charge in [-0.15, -0.1) is 0 Å². The van der Waals surface area contributed by atoms with Gasteiger partial charge in [-0.1, -0.05) is 22.5 Å². The molecular formula is C12H15BrO2. The fourth-order valence-electron chi connectivity index (χ4n) is 1.06. The molecule has 0 saturated carbocycles. The molecule has 0 heterocycles. The van der Waals surface area contributed by atoms with Crippen molar-refractivity contribution >= 4 is 15.9 Å². The Hall–Kier alpha value is -0.960. The Bertz CT molecular complexity index is 359. The molecule has 0 aromatic heterocycles. The molecule has 0 amide bonds. The van der Waals surface area contributed by atoms with Crippen molar-refractivity contribution in [2.45, 2.75) is 19.4 Å².